The average Bonchev–Trinajstić information content (AvgIpc) is 4.07. The third-order valence-electron chi connectivity index (χ3n) is 11.3. The van der Waals surface area contributed by atoms with Gasteiger partial charge in [-0.05, 0) is 77.6 Å². The van der Waals surface area contributed by atoms with Gasteiger partial charge in [0.05, 0.1) is 50.1 Å². The molecule has 304 valence electrons. The molecule has 2 fully saturated rings. The van der Waals surface area contributed by atoms with Crippen molar-refractivity contribution in [2.75, 3.05) is 27.3 Å². The molecule has 14 nitrogen and oxygen atoms in total. The van der Waals surface area contributed by atoms with Crippen molar-refractivity contribution in [2.24, 2.45) is 11.8 Å². The number of carbonyl (C=O) groups is 4. The highest BCUT2D eigenvalue weighted by Gasteiger charge is 2.39. The number of fused-ring (bicyclic) bond motifs is 1. The molecule has 58 heavy (non-hydrogen) atoms. The second kappa shape index (κ2) is 17.1. The zero-order chi connectivity index (χ0) is 41.1. The molecule has 3 aromatic carbocycles. The van der Waals surface area contributed by atoms with Crippen molar-refractivity contribution in [3.63, 3.8) is 0 Å². The fourth-order valence-electron chi connectivity index (χ4n) is 8.15. The molecule has 2 saturated heterocycles. The lowest BCUT2D eigenvalue weighted by atomic mass is 9.98. The number of hydrogen-bond acceptors (Lipinski definition) is 8. The molecule has 4 amide bonds. The molecule has 2 aromatic heterocycles. The first-order chi connectivity index (χ1) is 27.9. The zero-order valence-electron chi connectivity index (χ0n) is 33.9. The van der Waals surface area contributed by atoms with Crippen LogP contribution >= 0.6 is 0 Å². The van der Waals surface area contributed by atoms with Gasteiger partial charge < -0.3 is 39.9 Å². The summed E-state index contributed by atoms with van der Waals surface area (Å²) in [5.74, 6) is 0.947. The predicted molar refractivity (Wildman–Crippen MR) is 220 cm³/mol. The Morgan fingerprint density at radius 2 is 1.07 bits per heavy atom. The summed E-state index contributed by atoms with van der Waals surface area (Å²) in [7, 11) is 2.58. The van der Waals surface area contributed by atoms with E-state index in [4.69, 9.17) is 19.4 Å². The van der Waals surface area contributed by atoms with Crippen molar-refractivity contribution in [3.05, 3.63) is 84.7 Å². The molecule has 4 atom stereocenters. The number of likely N-dealkylation sites (tertiary alicyclic amines) is 2. The third-order valence-corrected chi connectivity index (χ3v) is 11.3. The van der Waals surface area contributed by atoms with Crippen LogP contribution in [0.2, 0.25) is 0 Å². The van der Waals surface area contributed by atoms with Crippen molar-refractivity contribution in [1.29, 1.82) is 0 Å². The van der Waals surface area contributed by atoms with E-state index in [-0.39, 0.29) is 35.7 Å². The minimum Gasteiger partial charge on any atom is -0.453 e. The minimum atomic E-state index is -0.694. The second-order valence-corrected chi connectivity index (χ2v) is 15.8. The molecule has 4 N–H and O–H groups in total. The van der Waals surface area contributed by atoms with Crippen LogP contribution in [0.1, 0.15) is 77.1 Å². The van der Waals surface area contributed by atoms with Crippen molar-refractivity contribution >= 4 is 34.8 Å². The van der Waals surface area contributed by atoms with Crippen LogP contribution in [0, 0.1) is 11.8 Å². The van der Waals surface area contributed by atoms with Crippen LogP contribution in [0.4, 0.5) is 9.59 Å². The number of imidazole rings is 2. The van der Waals surface area contributed by atoms with Crippen LogP contribution < -0.4 is 10.6 Å². The molecular weight excluding hydrogens is 737 g/mol. The highest BCUT2D eigenvalue weighted by atomic mass is 16.5. The number of rotatable bonds is 11. The van der Waals surface area contributed by atoms with Gasteiger partial charge in [0, 0.05) is 24.2 Å². The Bertz CT molecular complexity index is 2300. The van der Waals surface area contributed by atoms with Gasteiger partial charge in [0.25, 0.3) is 0 Å². The minimum absolute atomic E-state index is 0.108. The highest BCUT2D eigenvalue weighted by Crippen LogP contribution is 2.36. The molecule has 14 heteroatoms. The molecule has 0 radical (unpaired) electrons. The standard InChI is InChI=1S/C44H52N8O6/c1-25(2)37(49-43(55)57-5)41(53)51-18-8-12-35(51)39-45-23-33(47-39)31-11-7-10-27(21-31)28-14-15-30-22-32(17-16-29(30)20-28)34-24-46-40(48-34)36-13-9-19-52(36)42(54)38(26(3)4)50-44(56)58-6/h7,10-11,14-17,20-26,35-38H,8-9,12-13,18-19H2,1-6H3,(H,45,47)(H,46,48)(H,49,55)(H,50,56)/t35-,36-,37?,38?/m0/s1. The third kappa shape index (κ3) is 8.27. The number of alkyl carbamates (subject to hydrolysis) is 2. The van der Waals surface area contributed by atoms with Crippen molar-refractivity contribution in [1.82, 2.24) is 40.4 Å². The molecule has 2 aliphatic rings. The number of nitrogens with one attached hydrogen (secondary N) is 4. The van der Waals surface area contributed by atoms with Crippen LogP contribution in [0.15, 0.2) is 73.1 Å². The van der Waals surface area contributed by atoms with Gasteiger partial charge in [-0.2, -0.15) is 0 Å². The van der Waals surface area contributed by atoms with Crippen LogP contribution in [-0.4, -0.2) is 93.1 Å². The molecule has 7 rings (SSSR count). The summed E-state index contributed by atoms with van der Waals surface area (Å²) in [4.78, 5) is 71.2. The van der Waals surface area contributed by atoms with E-state index in [2.05, 4.69) is 69.1 Å². The van der Waals surface area contributed by atoms with Gasteiger partial charge in [-0.1, -0.05) is 70.2 Å². The van der Waals surface area contributed by atoms with E-state index in [1.165, 1.54) is 14.2 Å². The Morgan fingerprint density at radius 3 is 1.55 bits per heavy atom. The second-order valence-electron chi connectivity index (χ2n) is 15.8. The van der Waals surface area contributed by atoms with Gasteiger partial charge in [0.1, 0.15) is 23.7 Å². The number of benzene rings is 3. The maximum atomic E-state index is 13.6. The number of hydrogen-bond donors (Lipinski definition) is 4. The number of amides is 4. The first kappa shape index (κ1) is 40.0. The molecule has 0 spiro atoms. The van der Waals surface area contributed by atoms with E-state index in [1.54, 1.807) is 0 Å². The Hall–Kier alpha value is -6.18. The Balaban J connectivity index is 1.06. The molecular formula is C44H52N8O6. The Morgan fingerprint density at radius 1 is 0.638 bits per heavy atom. The number of carbonyl (C=O) groups excluding carboxylic acids is 4. The Kier molecular flexibility index (Phi) is 11.8. The van der Waals surface area contributed by atoms with Crippen LogP contribution in [0.5, 0.6) is 0 Å². The van der Waals surface area contributed by atoms with E-state index in [9.17, 15) is 19.2 Å². The summed E-state index contributed by atoms with van der Waals surface area (Å²) >= 11 is 0. The van der Waals surface area contributed by atoms with Gasteiger partial charge in [-0.15, -0.1) is 0 Å². The molecule has 4 heterocycles. The predicted octanol–water partition coefficient (Wildman–Crippen LogP) is 7.38. The molecule has 0 saturated carbocycles. The summed E-state index contributed by atoms with van der Waals surface area (Å²) in [6.07, 6.45) is 5.63. The lowest BCUT2D eigenvalue weighted by Crippen LogP contribution is -2.51. The summed E-state index contributed by atoms with van der Waals surface area (Å²) in [5.41, 5.74) is 5.82. The van der Waals surface area contributed by atoms with E-state index >= 15 is 0 Å². The molecule has 0 bridgehead atoms. The summed E-state index contributed by atoms with van der Waals surface area (Å²) in [6.45, 7) is 8.79. The Labute approximate surface area is 338 Å². The quantitative estimate of drug-likeness (QED) is 0.107. The summed E-state index contributed by atoms with van der Waals surface area (Å²) < 4.78 is 9.54. The lowest BCUT2D eigenvalue weighted by molar-refractivity contribution is -0.136. The molecule has 0 aliphatic carbocycles. The average molecular weight is 789 g/mol. The fraction of sp³-hybridized carbons (Fsp3) is 0.409. The smallest absolute Gasteiger partial charge is 0.407 e. The normalized spacial score (nSPS) is 17.8. The fourth-order valence-corrected chi connectivity index (χ4v) is 8.15. The number of H-pyrrole nitrogens is 2. The molecule has 2 aliphatic heterocycles. The van der Waals surface area contributed by atoms with Crippen LogP contribution in [0.3, 0.4) is 0 Å². The van der Waals surface area contributed by atoms with Crippen LogP contribution in [-0.2, 0) is 19.1 Å². The van der Waals surface area contributed by atoms with Crippen molar-refractivity contribution in [2.45, 2.75) is 77.5 Å². The van der Waals surface area contributed by atoms with E-state index in [1.807, 2.05) is 62.0 Å². The zero-order valence-corrected chi connectivity index (χ0v) is 33.9. The number of methoxy groups -OCH3 is 2. The molecule has 5 aromatic rings. The van der Waals surface area contributed by atoms with Gasteiger partial charge >= 0.3 is 12.2 Å². The van der Waals surface area contributed by atoms with Gasteiger partial charge in [-0.3, -0.25) is 9.59 Å². The first-order valence-corrected chi connectivity index (χ1v) is 20.0. The summed E-state index contributed by atoms with van der Waals surface area (Å²) in [5, 5.41) is 7.58. The highest BCUT2D eigenvalue weighted by molar-refractivity contribution is 5.91. The lowest BCUT2D eigenvalue weighted by Gasteiger charge is -2.30. The summed E-state index contributed by atoms with van der Waals surface area (Å²) in [6, 6.07) is 19.2. The number of nitrogens with zero attached hydrogens (tertiary/aromatic N) is 4. The van der Waals surface area contributed by atoms with Gasteiger partial charge in [0.15, 0.2) is 0 Å². The monoisotopic (exact) mass is 788 g/mol. The van der Waals surface area contributed by atoms with E-state index < -0.39 is 24.3 Å². The number of ether oxygens (including phenoxy) is 2. The van der Waals surface area contributed by atoms with E-state index in [0.29, 0.717) is 13.1 Å². The molecule has 2 unspecified atom stereocenters. The van der Waals surface area contributed by atoms with Crippen molar-refractivity contribution < 1.29 is 28.7 Å². The van der Waals surface area contributed by atoms with E-state index in [0.717, 1.165) is 81.7 Å². The SMILES string of the molecule is COC(=O)NC(C(=O)N1CCC[C@H]1c1ncc(-c2cccc(-c3ccc4cc(-c5cnc([C@@H]6CCCN6C(=O)C(NC(=O)OC)C(C)C)[nH]5)ccc4c3)c2)[nH]1)C(C)C. The largest absolute Gasteiger partial charge is 0.453 e. The maximum absolute atomic E-state index is 13.6. The number of aromatic amines is 2. The maximum Gasteiger partial charge on any atom is 0.407 e. The van der Waals surface area contributed by atoms with Gasteiger partial charge in [0.2, 0.25) is 11.8 Å². The first-order valence-electron chi connectivity index (χ1n) is 20.0. The van der Waals surface area contributed by atoms with Gasteiger partial charge in [-0.25, -0.2) is 19.6 Å². The van der Waals surface area contributed by atoms with Crippen molar-refractivity contribution in [3.8, 4) is 33.6 Å². The topological polar surface area (TPSA) is 175 Å². The number of aromatic nitrogens is 4. The van der Waals surface area contributed by atoms with Crippen LogP contribution in [0.25, 0.3) is 44.4 Å².